The van der Waals surface area contributed by atoms with E-state index in [0.717, 1.165) is 10.6 Å². The molecule has 2 rings (SSSR count). The van der Waals surface area contributed by atoms with Gasteiger partial charge in [-0.1, -0.05) is 11.6 Å². The highest BCUT2D eigenvalue weighted by molar-refractivity contribution is 7.98. The van der Waals surface area contributed by atoms with Gasteiger partial charge in [0.15, 0.2) is 0 Å². The van der Waals surface area contributed by atoms with Gasteiger partial charge < -0.3 is 4.90 Å². The molecule has 1 aliphatic heterocycles. The summed E-state index contributed by atoms with van der Waals surface area (Å²) in [6.07, 6.45) is -0.976. The van der Waals surface area contributed by atoms with Crippen LogP contribution in [0.15, 0.2) is 27.5 Å². The molecule has 6 heteroatoms. The number of alkyl halides is 2. The Bertz CT molecular complexity index is 398. The Kier molecular flexibility index (Phi) is 3.11. The molecule has 0 saturated heterocycles. The van der Waals surface area contributed by atoms with Crippen molar-refractivity contribution in [2.45, 2.75) is 11.3 Å². The molecule has 0 amide bonds. The fourth-order valence-corrected chi connectivity index (χ4v) is 2.26. The van der Waals surface area contributed by atoms with Crippen LogP contribution in [-0.2, 0) is 0 Å². The van der Waals surface area contributed by atoms with Gasteiger partial charge in [-0.05, 0) is 18.2 Å². The lowest BCUT2D eigenvalue weighted by atomic mass is 10.3. The van der Waals surface area contributed by atoms with Crippen LogP contribution in [-0.4, -0.2) is 19.3 Å². The normalized spacial score (nSPS) is 14.5. The van der Waals surface area contributed by atoms with Crippen molar-refractivity contribution in [1.29, 1.82) is 0 Å². The van der Waals surface area contributed by atoms with Crippen LogP contribution in [0.1, 0.15) is 0 Å². The number of nitrogens with zero attached hydrogens (tertiary/aromatic N) is 2. The van der Waals surface area contributed by atoms with E-state index >= 15 is 0 Å². The highest BCUT2D eigenvalue weighted by Crippen LogP contribution is 2.35. The molecule has 1 aromatic carbocycles. The molecular formula is C9H7ClF2N2S. The molecule has 0 saturated carbocycles. The average Bonchev–Trinajstić information content (AvgIpc) is 2.16. The molecule has 1 aromatic rings. The summed E-state index contributed by atoms with van der Waals surface area (Å²) in [5.41, 5.74) is 0.722. The predicted molar refractivity (Wildman–Crippen MR) is 59.2 cm³/mol. The minimum atomic E-state index is -2.39. The number of hydrogen-bond acceptors (Lipinski definition) is 3. The van der Waals surface area contributed by atoms with Gasteiger partial charge in [0.1, 0.15) is 6.34 Å². The zero-order valence-corrected chi connectivity index (χ0v) is 9.10. The molecule has 0 unspecified atom stereocenters. The van der Waals surface area contributed by atoms with E-state index in [9.17, 15) is 8.78 Å². The number of anilines is 1. The van der Waals surface area contributed by atoms with Gasteiger partial charge >= 0.3 is 0 Å². The summed E-state index contributed by atoms with van der Waals surface area (Å²) in [6.45, 7) is -0.349. The van der Waals surface area contributed by atoms with Crippen molar-refractivity contribution < 1.29 is 8.78 Å². The van der Waals surface area contributed by atoms with Crippen LogP contribution in [0, 0.1) is 0 Å². The molecule has 80 valence electrons. The van der Waals surface area contributed by atoms with Gasteiger partial charge in [-0.2, -0.15) is 0 Å². The Morgan fingerprint density at radius 2 is 2.27 bits per heavy atom. The molecule has 2 nitrogen and oxygen atoms in total. The van der Waals surface area contributed by atoms with Crippen molar-refractivity contribution in [2.75, 3.05) is 11.4 Å². The van der Waals surface area contributed by atoms with Gasteiger partial charge in [-0.25, -0.2) is 13.2 Å². The fourth-order valence-electron chi connectivity index (χ4n) is 1.29. The molecule has 15 heavy (non-hydrogen) atoms. The monoisotopic (exact) mass is 248 g/mol. The smallest absolute Gasteiger partial charge is 0.256 e. The molecule has 0 atom stereocenters. The zero-order valence-electron chi connectivity index (χ0n) is 7.53. The third-order valence-corrected chi connectivity index (χ3v) is 2.86. The third-order valence-electron chi connectivity index (χ3n) is 1.90. The van der Waals surface area contributed by atoms with Crippen LogP contribution in [0.25, 0.3) is 0 Å². The van der Waals surface area contributed by atoms with E-state index in [2.05, 4.69) is 4.40 Å². The van der Waals surface area contributed by atoms with Gasteiger partial charge in [0, 0.05) is 17.0 Å². The predicted octanol–water partition coefficient (Wildman–Crippen LogP) is 3.46. The van der Waals surface area contributed by atoms with Crippen LogP contribution < -0.4 is 4.90 Å². The average molecular weight is 249 g/mol. The Balaban J connectivity index is 2.30. The lowest BCUT2D eigenvalue weighted by Gasteiger charge is -2.24. The SMILES string of the molecule is FC(F)CN1C=NSc2cc(Cl)ccc21. The van der Waals surface area contributed by atoms with Crippen molar-refractivity contribution in [2.24, 2.45) is 4.40 Å². The molecule has 0 spiro atoms. The summed E-state index contributed by atoms with van der Waals surface area (Å²) < 4.78 is 28.4. The fraction of sp³-hybridized carbons (Fsp3) is 0.222. The van der Waals surface area contributed by atoms with Crippen molar-refractivity contribution in [3.05, 3.63) is 23.2 Å². The quantitative estimate of drug-likeness (QED) is 0.745. The summed E-state index contributed by atoms with van der Waals surface area (Å²) >= 11 is 7.03. The molecule has 0 bridgehead atoms. The number of rotatable bonds is 2. The summed E-state index contributed by atoms with van der Waals surface area (Å²) in [5, 5.41) is 0.579. The molecule has 1 aliphatic rings. The number of fused-ring (bicyclic) bond motifs is 1. The van der Waals surface area contributed by atoms with E-state index in [0.29, 0.717) is 5.02 Å². The van der Waals surface area contributed by atoms with Crippen molar-refractivity contribution in [3.63, 3.8) is 0 Å². The van der Waals surface area contributed by atoms with Crippen molar-refractivity contribution in [1.82, 2.24) is 0 Å². The topological polar surface area (TPSA) is 15.6 Å². The summed E-state index contributed by atoms with van der Waals surface area (Å²) in [6, 6.07) is 5.12. The number of halogens is 3. The van der Waals surface area contributed by atoms with Crippen molar-refractivity contribution in [3.8, 4) is 0 Å². The molecule has 0 radical (unpaired) electrons. The Morgan fingerprint density at radius 1 is 1.47 bits per heavy atom. The minimum absolute atomic E-state index is 0.349. The molecule has 0 fully saturated rings. The van der Waals surface area contributed by atoms with Crippen LogP contribution in [0.4, 0.5) is 14.5 Å². The third kappa shape index (κ3) is 2.41. The lowest BCUT2D eigenvalue weighted by Crippen LogP contribution is -2.28. The summed E-state index contributed by atoms with van der Waals surface area (Å²) in [5.74, 6) is 0. The van der Waals surface area contributed by atoms with Crippen LogP contribution in [0.5, 0.6) is 0 Å². The van der Waals surface area contributed by atoms with E-state index in [-0.39, 0.29) is 6.54 Å². The van der Waals surface area contributed by atoms with Gasteiger partial charge in [0.2, 0.25) is 0 Å². The van der Waals surface area contributed by atoms with E-state index < -0.39 is 6.43 Å². The van der Waals surface area contributed by atoms with E-state index in [1.807, 2.05) is 0 Å². The maximum absolute atomic E-state index is 12.3. The Hall–Kier alpha value is -0.810. The van der Waals surface area contributed by atoms with Crippen LogP contribution in [0.3, 0.4) is 0 Å². The van der Waals surface area contributed by atoms with E-state index in [4.69, 9.17) is 11.6 Å². The number of benzene rings is 1. The van der Waals surface area contributed by atoms with Crippen molar-refractivity contribution >= 4 is 35.6 Å². The summed E-state index contributed by atoms with van der Waals surface area (Å²) in [4.78, 5) is 2.22. The molecule has 0 N–H and O–H groups in total. The van der Waals surface area contributed by atoms with Gasteiger partial charge in [-0.3, -0.25) is 0 Å². The highest BCUT2D eigenvalue weighted by Gasteiger charge is 2.18. The zero-order chi connectivity index (χ0) is 10.8. The highest BCUT2D eigenvalue weighted by atomic mass is 35.5. The number of hydrogen-bond donors (Lipinski definition) is 0. The van der Waals surface area contributed by atoms with Crippen LogP contribution in [0.2, 0.25) is 5.02 Å². The maximum atomic E-state index is 12.3. The first-order valence-corrected chi connectivity index (χ1v) is 5.37. The Labute approximate surface area is 95.1 Å². The first-order chi connectivity index (χ1) is 7.16. The second-order valence-corrected chi connectivity index (χ2v) is 4.24. The second kappa shape index (κ2) is 4.37. The molecule has 1 heterocycles. The lowest BCUT2D eigenvalue weighted by molar-refractivity contribution is 0.159. The molecule has 0 aromatic heterocycles. The van der Waals surface area contributed by atoms with Crippen LogP contribution >= 0.6 is 23.5 Å². The standard InChI is InChI=1S/C9H7ClF2N2S/c10-6-1-2-7-8(3-6)15-13-5-14(7)4-9(11)12/h1-3,5,9H,4H2. The first kappa shape index (κ1) is 10.7. The Morgan fingerprint density at radius 3 is 3.00 bits per heavy atom. The molecule has 0 aliphatic carbocycles. The first-order valence-electron chi connectivity index (χ1n) is 4.21. The van der Waals surface area contributed by atoms with E-state index in [1.165, 1.54) is 23.2 Å². The minimum Gasteiger partial charge on any atom is -0.325 e. The summed E-state index contributed by atoms with van der Waals surface area (Å²) in [7, 11) is 0. The van der Waals surface area contributed by atoms with Gasteiger partial charge in [0.25, 0.3) is 6.43 Å². The van der Waals surface area contributed by atoms with Gasteiger partial charge in [0.05, 0.1) is 17.1 Å². The van der Waals surface area contributed by atoms with Gasteiger partial charge in [-0.15, -0.1) is 0 Å². The second-order valence-electron chi connectivity index (χ2n) is 2.97. The van der Waals surface area contributed by atoms with E-state index in [1.54, 1.807) is 18.2 Å². The maximum Gasteiger partial charge on any atom is 0.256 e. The largest absolute Gasteiger partial charge is 0.325 e. The molecular weight excluding hydrogens is 242 g/mol.